The molecule has 0 atom stereocenters. The van der Waals surface area contributed by atoms with Gasteiger partial charge in [0.25, 0.3) is 5.56 Å². The lowest BCUT2D eigenvalue weighted by Crippen LogP contribution is -2.18. The second-order valence-electron chi connectivity index (χ2n) is 3.73. The van der Waals surface area contributed by atoms with E-state index in [1.807, 2.05) is 0 Å². The van der Waals surface area contributed by atoms with Crippen LogP contribution in [-0.2, 0) is 6.18 Å². The summed E-state index contributed by atoms with van der Waals surface area (Å²) in [5.74, 6) is -1.20. The fourth-order valence-electron chi connectivity index (χ4n) is 1.38. The Kier molecular flexibility index (Phi) is 3.80. The van der Waals surface area contributed by atoms with E-state index in [1.54, 1.807) is 0 Å². The number of hydrogen-bond acceptors (Lipinski definition) is 3. The van der Waals surface area contributed by atoms with Gasteiger partial charge in [-0.15, -0.1) is 0 Å². The second-order valence-corrected chi connectivity index (χ2v) is 4.64. The number of halogens is 5. The van der Waals surface area contributed by atoms with Gasteiger partial charge in [-0.1, -0.05) is 15.9 Å². The predicted molar refractivity (Wildman–Crippen MR) is 67.2 cm³/mol. The minimum Gasteiger partial charge on any atom is -0.323 e. The maximum absolute atomic E-state index is 13.5. The van der Waals surface area contributed by atoms with Gasteiger partial charge in [0.2, 0.25) is 5.95 Å². The highest BCUT2D eigenvalue weighted by atomic mass is 79.9. The molecular weight excluding hydrogens is 346 g/mol. The SMILES string of the molecule is O=c1cc(C(F)(F)F)nc(Nc2ccc(Br)cc2F)[nH]1. The Labute approximate surface area is 118 Å². The first-order chi connectivity index (χ1) is 9.25. The zero-order chi connectivity index (χ0) is 14.9. The molecule has 0 bridgehead atoms. The number of nitrogens with zero attached hydrogens (tertiary/aromatic N) is 1. The lowest BCUT2D eigenvalue weighted by molar-refractivity contribution is -0.141. The number of alkyl halides is 3. The molecule has 0 spiro atoms. The van der Waals surface area contributed by atoms with Gasteiger partial charge in [0.1, 0.15) is 5.82 Å². The van der Waals surface area contributed by atoms with Crippen LogP contribution in [0.25, 0.3) is 0 Å². The van der Waals surface area contributed by atoms with Crippen molar-refractivity contribution in [2.75, 3.05) is 5.32 Å². The number of anilines is 2. The number of rotatable bonds is 2. The highest BCUT2D eigenvalue weighted by Gasteiger charge is 2.33. The largest absolute Gasteiger partial charge is 0.433 e. The average molecular weight is 352 g/mol. The van der Waals surface area contributed by atoms with Crippen molar-refractivity contribution >= 4 is 27.6 Å². The lowest BCUT2D eigenvalue weighted by Gasteiger charge is -2.09. The van der Waals surface area contributed by atoms with Gasteiger partial charge in [0, 0.05) is 10.5 Å². The number of nitrogens with one attached hydrogen (secondary N) is 2. The van der Waals surface area contributed by atoms with E-state index in [9.17, 15) is 22.4 Å². The summed E-state index contributed by atoms with van der Waals surface area (Å²) in [6, 6.07) is 4.22. The maximum Gasteiger partial charge on any atom is 0.433 e. The van der Waals surface area contributed by atoms with Gasteiger partial charge in [-0.3, -0.25) is 9.78 Å². The van der Waals surface area contributed by atoms with Gasteiger partial charge < -0.3 is 5.32 Å². The molecule has 0 amide bonds. The van der Waals surface area contributed by atoms with E-state index in [0.717, 1.165) is 6.07 Å². The van der Waals surface area contributed by atoms with Gasteiger partial charge in [0.15, 0.2) is 5.69 Å². The number of aromatic amines is 1. The molecule has 0 unspecified atom stereocenters. The molecule has 0 fully saturated rings. The Hall–Kier alpha value is -1.90. The fourth-order valence-corrected chi connectivity index (χ4v) is 1.71. The summed E-state index contributed by atoms with van der Waals surface area (Å²) < 4.78 is 51.5. The van der Waals surface area contributed by atoms with E-state index < -0.39 is 29.2 Å². The first-order valence-electron chi connectivity index (χ1n) is 5.16. The fraction of sp³-hybridized carbons (Fsp3) is 0.0909. The molecule has 2 aromatic rings. The van der Waals surface area contributed by atoms with Crippen LogP contribution < -0.4 is 10.9 Å². The third-order valence-corrected chi connectivity index (χ3v) is 2.71. The van der Waals surface area contributed by atoms with Crippen LogP contribution in [0.2, 0.25) is 0 Å². The van der Waals surface area contributed by atoms with Crippen molar-refractivity contribution in [3.8, 4) is 0 Å². The number of H-pyrrole nitrogens is 1. The Balaban J connectivity index is 2.39. The van der Waals surface area contributed by atoms with Crippen molar-refractivity contribution in [3.05, 3.63) is 50.6 Å². The van der Waals surface area contributed by atoms with E-state index in [4.69, 9.17) is 0 Å². The Morgan fingerprint density at radius 2 is 1.95 bits per heavy atom. The third kappa shape index (κ3) is 3.35. The van der Waals surface area contributed by atoms with Crippen LogP contribution in [0, 0.1) is 5.82 Å². The van der Waals surface area contributed by atoms with Gasteiger partial charge in [-0.25, -0.2) is 9.37 Å². The molecule has 106 valence electrons. The average Bonchev–Trinajstić information content (AvgIpc) is 2.31. The number of hydrogen-bond donors (Lipinski definition) is 2. The van der Waals surface area contributed by atoms with Crippen LogP contribution in [0.4, 0.5) is 29.2 Å². The topological polar surface area (TPSA) is 57.8 Å². The molecule has 2 rings (SSSR count). The minimum absolute atomic E-state index is 0.115. The first-order valence-corrected chi connectivity index (χ1v) is 5.95. The number of aromatic nitrogens is 2. The highest BCUT2D eigenvalue weighted by molar-refractivity contribution is 9.10. The minimum atomic E-state index is -4.76. The molecule has 4 nitrogen and oxygen atoms in total. The highest BCUT2D eigenvalue weighted by Crippen LogP contribution is 2.27. The lowest BCUT2D eigenvalue weighted by atomic mass is 10.3. The molecule has 0 radical (unpaired) electrons. The van der Waals surface area contributed by atoms with Crippen molar-refractivity contribution in [1.82, 2.24) is 9.97 Å². The molecule has 0 aliphatic heterocycles. The van der Waals surface area contributed by atoms with Crippen molar-refractivity contribution < 1.29 is 17.6 Å². The van der Waals surface area contributed by atoms with Crippen LogP contribution in [0.3, 0.4) is 0 Å². The summed E-state index contributed by atoms with van der Waals surface area (Å²) in [4.78, 5) is 16.4. The maximum atomic E-state index is 13.5. The summed E-state index contributed by atoms with van der Waals surface area (Å²) in [6.45, 7) is 0. The molecule has 0 aliphatic rings. The monoisotopic (exact) mass is 351 g/mol. The van der Waals surface area contributed by atoms with Crippen LogP contribution in [0.1, 0.15) is 5.69 Å². The summed E-state index contributed by atoms with van der Waals surface area (Å²) >= 11 is 3.04. The molecule has 1 aromatic heterocycles. The molecule has 1 aromatic carbocycles. The van der Waals surface area contributed by atoms with Crippen LogP contribution in [0.5, 0.6) is 0 Å². The third-order valence-electron chi connectivity index (χ3n) is 2.22. The molecule has 1 heterocycles. The van der Waals surface area contributed by atoms with Crippen molar-refractivity contribution in [2.24, 2.45) is 0 Å². The van der Waals surface area contributed by atoms with Gasteiger partial charge in [0.05, 0.1) is 5.69 Å². The summed E-state index contributed by atoms with van der Waals surface area (Å²) in [5, 5.41) is 2.29. The van der Waals surface area contributed by atoms with Gasteiger partial charge >= 0.3 is 6.18 Å². The quantitative estimate of drug-likeness (QED) is 0.815. The van der Waals surface area contributed by atoms with Crippen LogP contribution in [-0.4, -0.2) is 9.97 Å². The standard InChI is InChI=1S/C11H6BrF4N3O/c12-5-1-2-7(6(13)3-5)17-10-18-8(11(14,15)16)4-9(20)19-10/h1-4H,(H2,17,18,19,20). The van der Waals surface area contributed by atoms with Gasteiger partial charge in [-0.2, -0.15) is 13.2 Å². The zero-order valence-corrected chi connectivity index (χ0v) is 11.1. The predicted octanol–water partition coefficient (Wildman–Crippen LogP) is 3.43. The molecule has 9 heteroatoms. The molecule has 20 heavy (non-hydrogen) atoms. The number of benzene rings is 1. The summed E-state index contributed by atoms with van der Waals surface area (Å²) in [6.07, 6.45) is -4.76. The molecule has 0 saturated heterocycles. The van der Waals surface area contributed by atoms with Crippen molar-refractivity contribution in [3.63, 3.8) is 0 Å². The van der Waals surface area contributed by atoms with E-state index in [1.165, 1.54) is 12.1 Å². The normalized spacial score (nSPS) is 11.4. The Morgan fingerprint density at radius 3 is 2.55 bits per heavy atom. The second kappa shape index (κ2) is 5.23. The van der Waals surface area contributed by atoms with E-state index in [-0.39, 0.29) is 5.69 Å². The molecule has 2 N–H and O–H groups in total. The van der Waals surface area contributed by atoms with Crippen LogP contribution in [0.15, 0.2) is 33.5 Å². The van der Waals surface area contributed by atoms with Crippen LogP contribution >= 0.6 is 15.9 Å². The summed E-state index contributed by atoms with van der Waals surface area (Å²) in [5.41, 5.74) is -2.47. The Bertz CT molecular complexity index is 699. The van der Waals surface area contributed by atoms with E-state index >= 15 is 0 Å². The Morgan fingerprint density at radius 1 is 1.25 bits per heavy atom. The van der Waals surface area contributed by atoms with E-state index in [0.29, 0.717) is 10.5 Å². The smallest absolute Gasteiger partial charge is 0.323 e. The molecule has 0 aliphatic carbocycles. The zero-order valence-electron chi connectivity index (χ0n) is 9.55. The molecular formula is C11H6BrF4N3O. The summed E-state index contributed by atoms with van der Waals surface area (Å²) in [7, 11) is 0. The first kappa shape index (κ1) is 14.5. The molecule has 0 saturated carbocycles. The van der Waals surface area contributed by atoms with E-state index in [2.05, 4.69) is 31.2 Å². The van der Waals surface area contributed by atoms with Crippen molar-refractivity contribution in [1.29, 1.82) is 0 Å². The van der Waals surface area contributed by atoms with Gasteiger partial charge in [-0.05, 0) is 18.2 Å². The van der Waals surface area contributed by atoms with Crippen molar-refractivity contribution in [2.45, 2.75) is 6.18 Å².